The molecule has 8 heteroatoms. The predicted molar refractivity (Wildman–Crippen MR) is 101 cm³/mol. The third-order valence-corrected chi connectivity index (χ3v) is 4.91. The molecule has 0 aliphatic carbocycles. The molecule has 0 unspecified atom stereocenters. The molecule has 0 saturated heterocycles. The highest BCUT2D eigenvalue weighted by Crippen LogP contribution is 2.16. The first-order chi connectivity index (χ1) is 12.3. The van der Waals surface area contributed by atoms with Gasteiger partial charge in [0.05, 0.1) is 4.90 Å². The molecule has 2 aromatic carbocycles. The van der Waals surface area contributed by atoms with E-state index in [9.17, 15) is 18.0 Å². The van der Waals surface area contributed by atoms with E-state index in [4.69, 9.17) is 0 Å². The van der Waals surface area contributed by atoms with E-state index in [0.29, 0.717) is 29.9 Å². The van der Waals surface area contributed by atoms with Crippen molar-refractivity contribution in [2.24, 2.45) is 0 Å². The Bertz CT molecular complexity index is 876. The molecule has 0 saturated carbocycles. The number of amides is 2. The maximum Gasteiger partial charge on any atom is 0.255 e. The van der Waals surface area contributed by atoms with Gasteiger partial charge in [0, 0.05) is 30.4 Å². The molecule has 0 spiro atoms. The molecule has 2 aromatic rings. The molecule has 138 valence electrons. The van der Waals surface area contributed by atoms with E-state index in [-0.39, 0.29) is 16.7 Å². The number of rotatable bonds is 7. The van der Waals surface area contributed by atoms with Gasteiger partial charge in [-0.15, -0.1) is 0 Å². The van der Waals surface area contributed by atoms with E-state index in [1.807, 2.05) is 6.92 Å². The Hall–Kier alpha value is -2.71. The molecular formula is C18H21N3O4S. The van der Waals surface area contributed by atoms with Gasteiger partial charge < -0.3 is 10.6 Å². The maximum atomic E-state index is 12.3. The topological polar surface area (TPSA) is 104 Å². The minimum absolute atomic E-state index is 0.113. The smallest absolute Gasteiger partial charge is 0.255 e. The first kappa shape index (κ1) is 19.6. The summed E-state index contributed by atoms with van der Waals surface area (Å²) in [4.78, 5) is 23.4. The molecule has 0 atom stereocenters. The van der Waals surface area contributed by atoms with Crippen molar-refractivity contribution in [1.29, 1.82) is 0 Å². The average molecular weight is 375 g/mol. The lowest BCUT2D eigenvalue weighted by atomic mass is 10.2. The van der Waals surface area contributed by atoms with Gasteiger partial charge in [-0.2, -0.15) is 0 Å². The van der Waals surface area contributed by atoms with Crippen LogP contribution >= 0.6 is 0 Å². The molecule has 3 N–H and O–H groups in total. The zero-order chi connectivity index (χ0) is 19.2. The van der Waals surface area contributed by atoms with Crippen molar-refractivity contribution < 1.29 is 18.0 Å². The summed E-state index contributed by atoms with van der Waals surface area (Å²) in [5, 5.41) is 5.35. The fraction of sp³-hybridized carbons (Fsp3) is 0.222. The maximum absolute atomic E-state index is 12.3. The summed E-state index contributed by atoms with van der Waals surface area (Å²) in [6.07, 6.45) is 0.695. The third kappa shape index (κ3) is 5.40. The number of benzene rings is 2. The number of anilines is 2. The molecule has 0 radical (unpaired) electrons. The SMILES string of the molecule is CCCNS(=O)(=O)c1ccc(C(=O)Nc2ccc(NC(C)=O)cc2)cc1. The molecule has 0 aliphatic rings. The van der Waals surface area contributed by atoms with Crippen LogP contribution in [0.5, 0.6) is 0 Å². The van der Waals surface area contributed by atoms with Gasteiger partial charge in [0.15, 0.2) is 0 Å². The standard InChI is InChI=1S/C18H21N3O4S/c1-3-12-19-26(24,25)17-10-4-14(5-11-17)18(23)21-16-8-6-15(7-9-16)20-13(2)22/h4-11,19H,3,12H2,1-2H3,(H,20,22)(H,21,23). The Morgan fingerprint density at radius 2 is 1.42 bits per heavy atom. The molecule has 2 rings (SSSR count). The second kappa shape index (κ2) is 8.59. The van der Waals surface area contributed by atoms with Gasteiger partial charge in [0.25, 0.3) is 5.91 Å². The van der Waals surface area contributed by atoms with Crippen LogP contribution in [-0.4, -0.2) is 26.8 Å². The van der Waals surface area contributed by atoms with Crippen molar-refractivity contribution in [1.82, 2.24) is 4.72 Å². The summed E-state index contributed by atoms with van der Waals surface area (Å²) >= 11 is 0. The Balaban J connectivity index is 2.05. The lowest BCUT2D eigenvalue weighted by Crippen LogP contribution is -2.24. The molecule has 0 aliphatic heterocycles. The lowest BCUT2D eigenvalue weighted by molar-refractivity contribution is -0.114. The quantitative estimate of drug-likeness (QED) is 0.692. The summed E-state index contributed by atoms with van der Waals surface area (Å²) in [6, 6.07) is 12.4. The van der Waals surface area contributed by atoms with E-state index >= 15 is 0 Å². The number of carbonyl (C=O) groups is 2. The van der Waals surface area contributed by atoms with Crippen molar-refractivity contribution in [2.75, 3.05) is 17.2 Å². The lowest BCUT2D eigenvalue weighted by Gasteiger charge is -2.08. The summed E-state index contributed by atoms with van der Waals surface area (Å²) in [7, 11) is -3.55. The zero-order valence-electron chi connectivity index (χ0n) is 14.6. The first-order valence-corrected chi connectivity index (χ1v) is 9.59. The van der Waals surface area contributed by atoms with Crippen molar-refractivity contribution in [3.63, 3.8) is 0 Å². The highest BCUT2D eigenvalue weighted by Gasteiger charge is 2.14. The largest absolute Gasteiger partial charge is 0.326 e. The van der Waals surface area contributed by atoms with Crippen LogP contribution in [-0.2, 0) is 14.8 Å². The van der Waals surface area contributed by atoms with E-state index in [0.717, 1.165) is 0 Å². The predicted octanol–water partition coefficient (Wildman–Crippen LogP) is 2.59. The zero-order valence-corrected chi connectivity index (χ0v) is 15.4. The Morgan fingerprint density at radius 1 is 0.885 bits per heavy atom. The third-order valence-electron chi connectivity index (χ3n) is 3.43. The number of carbonyl (C=O) groups excluding carboxylic acids is 2. The summed E-state index contributed by atoms with van der Waals surface area (Å²) in [5.74, 6) is -0.534. The van der Waals surface area contributed by atoms with Crippen LogP contribution < -0.4 is 15.4 Å². The van der Waals surface area contributed by atoms with Crippen LogP contribution in [0, 0.1) is 0 Å². The molecule has 2 amide bonds. The summed E-state index contributed by atoms with van der Waals surface area (Å²) < 4.78 is 26.5. The van der Waals surface area contributed by atoms with Gasteiger partial charge in [-0.1, -0.05) is 6.92 Å². The van der Waals surface area contributed by atoms with Crippen LogP contribution in [0.4, 0.5) is 11.4 Å². The van der Waals surface area contributed by atoms with Gasteiger partial charge in [0.1, 0.15) is 0 Å². The summed E-state index contributed by atoms with van der Waals surface area (Å²) in [6.45, 7) is 3.65. The van der Waals surface area contributed by atoms with E-state index in [1.165, 1.54) is 31.2 Å². The molecular weight excluding hydrogens is 354 g/mol. The fourth-order valence-corrected chi connectivity index (χ4v) is 3.28. The van der Waals surface area contributed by atoms with Gasteiger partial charge >= 0.3 is 0 Å². The number of nitrogens with one attached hydrogen (secondary N) is 3. The van der Waals surface area contributed by atoms with Crippen LogP contribution in [0.25, 0.3) is 0 Å². The minimum Gasteiger partial charge on any atom is -0.326 e. The minimum atomic E-state index is -3.55. The van der Waals surface area contributed by atoms with E-state index in [2.05, 4.69) is 15.4 Å². The monoisotopic (exact) mass is 375 g/mol. The van der Waals surface area contributed by atoms with Crippen molar-refractivity contribution >= 4 is 33.2 Å². The van der Waals surface area contributed by atoms with E-state index < -0.39 is 10.0 Å². The van der Waals surface area contributed by atoms with Gasteiger partial charge in [-0.05, 0) is 55.0 Å². The van der Waals surface area contributed by atoms with Crippen molar-refractivity contribution in [2.45, 2.75) is 25.2 Å². The number of hydrogen-bond donors (Lipinski definition) is 3. The average Bonchev–Trinajstić information content (AvgIpc) is 2.61. The van der Waals surface area contributed by atoms with Crippen LogP contribution in [0.3, 0.4) is 0 Å². The highest BCUT2D eigenvalue weighted by atomic mass is 32.2. The van der Waals surface area contributed by atoms with Crippen LogP contribution in [0.1, 0.15) is 30.6 Å². The fourth-order valence-electron chi connectivity index (χ4n) is 2.15. The molecule has 7 nitrogen and oxygen atoms in total. The van der Waals surface area contributed by atoms with Crippen molar-refractivity contribution in [3.05, 3.63) is 54.1 Å². The molecule has 26 heavy (non-hydrogen) atoms. The van der Waals surface area contributed by atoms with Gasteiger partial charge in [-0.25, -0.2) is 13.1 Å². The van der Waals surface area contributed by atoms with Crippen LogP contribution in [0.15, 0.2) is 53.4 Å². The molecule has 0 fully saturated rings. The van der Waals surface area contributed by atoms with Crippen LogP contribution in [0.2, 0.25) is 0 Å². The number of hydrogen-bond acceptors (Lipinski definition) is 4. The first-order valence-electron chi connectivity index (χ1n) is 8.10. The highest BCUT2D eigenvalue weighted by molar-refractivity contribution is 7.89. The summed E-state index contributed by atoms with van der Waals surface area (Å²) in [5.41, 5.74) is 1.53. The van der Waals surface area contributed by atoms with Gasteiger partial charge in [-0.3, -0.25) is 9.59 Å². The molecule has 0 heterocycles. The normalized spacial score (nSPS) is 11.0. The Morgan fingerprint density at radius 3 is 1.92 bits per heavy atom. The molecule has 0 bridgehead atoms. The van der Waals surface area contributed by atoms with Gasteiger partial charge in [0.2, 0.25) is 15.9 Å². The second-order valence-corrected chi connectivity index (χ2v) is 7.40. The van der Waals surface area contributed by atoms with Crippen molar-refractivity contribution in [3.8, 4) is 0 Å². The Kier molecular flexibility index (Phi) is 6.48. The Labute approximate surface area is 152 Å². The van der Waals surface area contributed by atoms with E-state index in [1.54, 1.807) is 24.3 Å². The second-order valence-electron chi connectivity index (χ2n) is 5.63. The molecule has 0 aromatic heterocycles. The number of sulfonamides is 1.